The Hall–Kier alpha value is -0.870. The Morgan fingerprint density at radius 2 is 2.38 bits per heavy atom. The van der Waals surface area contributed by atoms with Gasteiger partial charge in [0.05, 0.1) is 0 Å². The topological polar surface area (TPSA) is 46.3 Å². The van der Waals surface area contributed by atoms with Crippen molar-refractivity contribution in [3.05, 3.63) is 22.4 Å². The quantitative estimate of drug-likeness (QED) is 0.823. The summed E-state index contributed by atoms with van der Waals surface area (Å²) in [5, 5.41) is 2.06. The van der Waals surface area contributed by atoms with Gasteiger partial charge in [-0.15, -0.1) is 11.3 Å². The maximum Gasteiger partial charge on any atom is 0.225 e. The second kappa shape index (κ2) is 6.66. The number of thiophene rings is 1. The maximum atomic E-state index is 11.9. The van der Waals surface area contributed by atoms with E-state index in [2.05, 4.69) is 11.4 Å². The number of nitrogens with zero attached hydrogens (tertiary/aromatic N) is 1. The number of carbonyl (C=O) groups excluding carboxylic acids is 1. The minimum atomic E-state index is 0.0401. The van der Waals surface area contributed by atoms with Gasteiger partial charge in [-0.05, 0) is 30.8 Å². The monoisotopic (exact) mass is 240 g/mol. The van der Waals surface area contributed by atoms with E-state index in [-0.39, 0.29) is 11.8 Å². The summed E-state index contributed by atoms with van der Waals surface area (Å²) < 4.78 is 0. The van der Waals surface area contributed by atoms with Crippen molar-refractivity contribution in [3.8, 4) is 0 Å². The number of rotatable bonds is 6. The summed E-state index contributed by atoms with van der Waals surface area (Å²) in [6.45, 7) is 3.30. The number of likely N-dealkylation sites (N-methyl/N-ethyl adjacent to an activating group) is 1. The lowest BCUT2D eigenvalue weighted by Crippen LogP contribution is -2.34. The molecule has 4 heteroatoms. The number of amides is 1. The predicted octanol–water partition coefficient (Wildman–Crippen LogP) is 1.73. The summed E-state index contributed by atoms with van der Waals surface area (Å²) in [4.78, 5) is 15.0. The van der Waals surface area contributed by atoms with Crippen LogP contribution in [0.25, 0.3) is 0 Å². The summed E-state index contributed by atoms with van der Waals surface area (Å²) in [5.41, 5.74) is 5.45. The van der Waals surface area contributed by atoms with Gasteiger partial charge >= 0.3 is 0 Å². The molecule has 1 atom stereocenters. The zero-order chi connectivity index (χ0) is 12.0. The first-order chi connectivity index (χ1) is 7.65. The van der Waals surface area contributed by atoms with E-state index >= 15 is 0 Å². The Balaban J connectivity index is 2.34. The molecule has 2 N–H and O–H groups in total. The smallest absolute Gasteiger partial charge is 0.225 e. The first kappa shape index (κ1) is 13.2. The standard InChI is InChI=1S/C12H20N2OS/c1-10(5-7-13)12(15)14(2)8-6-11-4-3-9-16-11/h3-4,9-10H,5-8,13H2,1-2H3. The highest BCUT2D eigenvalue weighted by atomic mass is 32.1. The van der Waals surface area contributed by atoms with Gasteiger partial charge < -0.3 is 10.6 Å². The Morgan fingerprint density at radius 3 is 2.94 bits per heavy atom. The lowest BCUT2D eigenvalue weighted by molar-refractivity contribution is -0.133. The molecule has 1 rings (SSSR count). The molecule has 1 amide bonds. The van der Waals surface area contributed by atoms with Gasteiger partial charge in [-0.2, -0.15) is 0 Å². The highest BCUT2D eigenvalue weighted by Gasteiger charge is 2.16. The average molecular weight is 240 g/mol. The van der Waals surface area contributed by atoms with Crippen LogP contribution in [0.4, 0.5) is 0 Å². The van der Waals surface area contributed by atoms with Gasteiger partial charge in [-0.1, -0.05) is 13.0 Å². The average Bonchev–Trinajstić information content (AvgIpc) is 2.78. The first-order valence-corrected chi connectivity index (χ1v) is 6.50. The second-order valence-electron chi connectivity index (χ2n) is 4.07. The summed E-state index contributed by atoms with van der Waals surface area (Å²) in [6, 6.07) is 4.14. The molecule has 0 spiro atoms. The van der Waals surface area contributed by atoms with Gasteiger partial charge in [0.25, 0.3) is 0 Å². The van der Waals surface area contributed by atoms with Gasteiger partial charge in [-0.3, -0.25) is 4.79 Å². The molecule has 0 radical (unpaired) electrons. The van der Waals surface area contributed by atoms with Crippen molar-refractivity contribution in [3.63, 3.8) is 0 Å². The highest BCUT2D eigenvalue weighted by molar-refractivity contribution is 7.09. The van der Waals surface area contributed by atoms with Gasteiger partial charge in [0.2, 0.25) is 5.91 Å². The van der Waals surface area contributed by atoms with Crippen molar-refractivity contribution in [2.75, 3.05) is 20.1 Å². The molecule has 0 bridgehead atoms. The van der Waals surface area contributed by atoms with E-state index in [4.69, 9.17) is 5.73 Å². The molecular weight excluding hydrogens is 220 g/mol. The number of carbonyl (C=O) groups is 1. The van der Waals surface area contributed by atoms with Crippen LogP contribution in [0.5, 0.6) is 0 Å². The molecule has 0 fully saturated rings. The zero-order valence-electron chi connectivity index (χ0n) is 9.98. The molecular formula is C12H20N2OS. The van der Waals surface area contributed by atoms with Crippen LogP contribution in [0, 0.1) is 5.92 Å². The molecule has 0 aliphatic heterocycles. The Bertz CT molecular complexity index is 311. The predicted molar refractivity (Wildman–Crippen MR) is 68.5 cm³/mol. The normalized spacial score (nSPS) is 12.4. The lowest BCUT2D eigenvalue weighted by Gasteiger charge is -2.20. The molecule has 16 heavy (non-hydrogen) atoms. The highest BCUT2D eigenvalue weighted by Crippen LogP contribution is 2.11. The van der Waals surface area contributed by atoms with Crippen molar-refractivity contribution in [1.29, 1.82) is 0 Å². The van der Waals surface area contributed by atoms with Crippen molar-refractivity contribution in [2.45, 2.75) is 19.8 Å². The molecule has 0 saturated heterocycles. The van der Waals surface area contributed by atoms with E-state index < -0.39 is 0 Å². The van der Waals surface area contributed by atoms with Gasteiger partial charge in [0.1, 0.15) is 0 Å². The number of nitrogens with two attached hydrogens (primary N) is 1. The molecule has 0 aliphatic rings. The molecule has 1 aromatic heterocycles. The van der Waals surface area contributed by atoms with Gasteiger partial charge in [-0.25, -0.2) is 0 Å². The van der Waals surface area contributed by atoms with E-state index in [0.717, 1.165) is 19.4 Å². The third kappa shape index (κ3) is 3.94. The third-order valence-corrected chi connectivity index (χ3v) is 3.61. The van der Waals surface area contributed by atoms with Crippen LogP contribution in [-0.2, 0) is 11.2 Å². The third-order valence-electron chi connectivity index (χ3n) is 2.67. The Kier molecular flexibility index (Phi) is 5.49. The molecule has 1 heterocycles. The maximum absolute atomic E-state index is 11.9. The molecule has 0 aliphatic carbocycles. The van der Waals surface area contributed by atoms with Gasteiger partial charge in [0.15, 0.2) is 0 Å². The number of hydrogen-bond donors (Lipinski definition) is 1. The summed E-state index contributed by atoms with van der Waals surface area (Å²) in [5.74, 6) is 0.236. The first-order valence-electron chi connectivity index (χ1n) is 5.62. The lowest BCUT2D eigenvalue weighted by atomic mass is 10.1. The molecule has 90 valence electrons. The van der Waals surface area contributed by atoms with E-state index in [0.29, 0.717) is 6.54 Å². The summed E-state index contributed by atoms with van der Waals surface area (Å²) >= 11 is 1.74. The van der Waals surface area contributed by atoms with Crippen LogP contribution in [0.3, 0.4) is 0 Å². The van der Waals surface area contributed by atoms with Gasteiger partial charge in [0, 0.05) is 24.4 Å². The van der Waals surface area contributed by atoms with E-state index in [1.54, 1.807) is 16.2 Å². The summed E-state index contributed by atoms with van der Waals surface area (Å²) in [6.07, 6.45) is 1.71. The minimum Gasteiger partial charge on any atom is -0.345 e. The van der Waals surface area contributed by atoms with Crippen molar-refractivity contribution in [2.24, 2.45) is 11.7 Å². The van der Waals surface area contributed by atoms with Crippen LogP contribution in [0.15, 0.2) is 17.5 Å². The molecule has 1 unspecified atom stereocenters. The van der Waals surface area contributed by atoms with Crippen LogP contribution in [0.1, 0.15) is 18.2 Å². The molecule has 0 aromatic carbocycles. The SMILES string of the molecule is CC(CCN)C(=O)N(C)CCc1cccs1. The van der Waals surface area contributed by atoms with Crippen LogP contribution in [-0.4, -0.2) is 30.9 Å². The fourth-order valence-electron chi connectivity index (χ4n) is 1.59. The fourth-order valence-corrected chi connectivity index (χ4v) is 2.29. The largest absolute Gasteiger partial charge is 0.345 e. The number of hydrogen-bond acceptors (Lipinski definition) is 3. The second-order valence-corrected chi connectivity index (χ2v) is 5.10. The molecule has 0 saturated carbocycles. The minimum absolute atomic E-state index is 0.0401. The molecule has 1 aromatic rings. The van der Waals surface area contributed by atoms with Crippen molar-refractivity contribution >= 4 is 17.2 Å². The fraction of sp³-hybridized carbons (Fsp3) is 0.583. The Labute approximate surface area is 101 Å². The van der Waals surface area contributed by atoms with E-state index in [1.165, 1.54) is 4.88 Å². The Morgan fingerprint density at radius 1 is 1.62 bits per heavy atom. The van der Waals surface area contributed by atoms with E-state index in [9.17, 15) is 4.79 Å². The zero-order valence-corrected chi connectivity index (χ0v) is 10.8. The van der Waals surface area contributed by atoms with Crippen molar-refractivity contribution in [1.82, 2.24) is 4.90 Å². The van der Waals surface area contributed by atoms with Crippen LogP contribution < -0.4 is 5.73 Å². The van der Waals surface area contributed by atoms with Crippen molar-refractivity contribution < 1.29 is 4.79 Å². The molecule has 3 nitrogen and oxygen atoms in total. The van der Waals surface area contributed by atoms with E-state index in [1.807, 2.05) is 20.0 Å². The van der Waals surface area contributed by atoms with Crippen LogP contribution in [0.2, 0.25) is 0 Å². The van der Waals surface area contributed by atoms with Crippen LogP contribution >= 0.6 is 11.3 Å². The summed E-state index contributed by atoms with van der Waals surface area (Å²) in [7, 11) is 1.86.